The van der Waals surface area contributed by atoms with Crippen molar-refractivity contribution in [2.45, 2.75) is 69.2 Å². The van der Waals surface area contributed by atoms with E-state index in [1.807, 2.05) is 6.07 Å². The molecule has 4 saturated heterocycles. The second kappa shape index (κ2) is 12.8. The van der Waals surface area contributed by atoms with Crippen molar-refractivity contribution in [2.75, 3.05) is 63.7 Å². The number of alkyl halides is 1. The summed E-state index contributed by atoms with van der Waals surface area (Å²) < 4.78 is 65.6. The van der Waals surface area contributed by atoms with Gasteiger partial charge in [0.15, 0.2) is 5.82 Å². The number of aromatic nitrogens is 2. The summed E-state index contributed by atoms with van der Waals surface area (Å²) in [4.78, 5) is 16.7. The summed E-state index contributed by atoms with van der Waals surface area (Å²) in [5.41, 5.74) is 6.44. The number of rotatable bonds is 9. The highest BCUT2D eigenvalue weighted by atomic mass is 32.1. The van der Waals surface area contributed by atoms with Gasteiger partial charge in [-0.15, -0.1) is 11.3 Å². The van der Waals surface area contributed by atoms with E-state index in [2.05, 4.69) is 20.8 Å². The van der Waals surface area contributed by atoms with Crippen molar-refractivity contribution >= 4 is 54.1 Å². The molecule has 5 aromatic rings. The lowest BCUT2D eigenvalue weighted by Crippen LogP contribution is -2.54. The zero-order valence-electron chi connectivity index (χ0n) is 29.2. The standard InChI is InChI=1S/C38H40F3N7O3S/c1-20-13-25-30-32(31(41)29(33(25)51-20)24-7-8-27(40)34-28(24)26(15-42)35(43)52-34)44-37(50-19-38-9-3-10-47(38)16-21(39)14-38)45-36(30)46-17-22-5-6-23(18-46)48(22)11-4-12-49-2/h7-8,13,21-23H,3-6,9-12,14,16-19,43H2,1-2H3/t21-,22-,23+,38+/m1/s1. The fraction of sp³-hybridized carbons (Fsp3) is 0.500. The van der Waals surface area contributed by atoms with Gasteiger partial charge >= 0.3 is 6.01 Å². The molecule has 0 spiro atoms. The molecular weight excluding hydrogens is 692 g/mol. The number of nitrogens with two attached hydrogens (primary N) is 1. The zero-order chi connectivity index (χ0) is 35.9. The molecule has 4 aliphatic heterocycles. The van der Waals surface area contributed by atoms with Crippen LogP contribution in [0.4, 0.5) is 24.0 Å². The number of nitrogens with zero attached hydrogens (tertiary/aromatic N) is 6. The molecule has 272 valence electrons. The Morgan fingerprint density at radius 3 is 2.73 bits per heavy atom. The first-order valence-corrected chi connectivity index (χ1v) is 18.9. The van der Waals surface area contributed by atoms with Gasteiger partial charge in [0, 0.05) is 69.2 Å². The van der Waals surface area contributed by atoms with E-state index in [0.29, 0.717) is 67.1 Å². The average Bonchev–Trinajstić information content (AvgIpc) is 3.91. The predicted molar refractivity (Wildman–Crippen MR) is 195 cm³/mol. The third kappa shape index (κ3) is 5.22. The Morgan fingerprint density at radius 1 is 1.15 bits per heavy atom. The van der Waals surface area contributed by atoms with Gasteiger partial charge in [-0.3, -0.25) is 9.80 Å². The van der Waals surface area contributed by atoms with Crippen molar-refractivity contribution in [3.63, 3.8) is 0 Å². The van der Waals surface area contributed by atoms with E-state index in [1.54, 1.807) is 14.0 Å². The monoisotopic (exact) mass is 731 g/mol. The topological polar surface area (TPSA) is 117 Å². The van der Waals surface area contributed by atoms with Crippen molar-refractivity contribution in [1.29, 1.82) is 5.26 Å². The van der Waals surface area contributed by atoms with Crippen LogP contribution in [0.5, 0.6) is 6.01 Å². The van der Waals surface area contributed by atoms with Crippen LogP contribution in [0, 0.1) is 29.9 Å². The number of hydrogen-bond acceptors (Lipinski definition) is 11. The second-order valence-electron chi connectivity index (χ2n) is 14.8. The van der Waals surface area contributed by atoms with E-state index in [0.717, 1.165) is 56.5 Å². The van der Waals surface area contributed by atoms with E-state index >= 15 is 8.78 Å². The van der Waals surface area contributed by atoms with Crippen LogP contribution in [-0.2, 0) is 4.74 Å². The van der Waals surface area contributed by atoms with Crippen LogP contribution in [0.2, 0.25) is 0 Å². The minimum atomic E-state index is -0.928. The van der Waals surface area contributed by atoms with Crippen LogP contribution in [0.15, 0.2) is 22.6 Å². The Kier molecular flexibility index (Phi) is 8.26. The summed E-state index contributed by atoms with van der Waals surface area (Å²) in [5.74, 6) is -0.145. The molecule has 14 heteroatoms. The number of nitrogen functional groups attached to an aromatic ring is 1. The number of furan rings is 1. The minimum absolute atomic E-state index is 0.0204. The van der Waals surface area contributed by atoms with Crippen LogP contribution >= 0.6 is 11.3 Å². The van der Waals surface area contributed by atoms with Crippen LogP contribution < -0.4 is 15.4 Å². The van der Waals surface area contributed by atoms with Crippen LogP contribution in [-0.4, -0.2) is 96.6 Å². The minimum Gasteiger partial charge on any atom is -0.461 e. The quantitative estimate of drug-likeness (QED) is 0.160. The molecule has 10 nitrogen and oxygen atoms in total. The van der Waals surface area contributed by atoms with Crippen LogP contribution in [0.3, 0.4) is 0 Å². The van der Waals surface area contributed by atoms with E-state index in [4.69, 9.17) is 29.6 Å². The van der Waals surface area contributed by atoms with Gasteiger partial charge < -0.3 is 24.5 Å². The maximum absolute atomic E-state index is 17.6. The van der Waals surface area contributed by atoms with Gasteiger partial charge in [0.25, 0.3) is 0 Å². The van der Waals surface area contributed by atoms with Crippen molar-refractivity contribution < 1.29 is 27.1 Å². The molecule has 0 saturated carbocycles. The summed E-state index contributed by atoms with van der Waals surface area (Å²) in [5, 5.41) is 11.5. The number of piperazine rings is 1. The van der Waals surface area contributed by atoms with E-state index in [9.17, 15) is 9.65 Å². The van der Waals surface area contributed by atoms with E-state index in [1.165, 1.54) is 12.1 Å². The van der Waals surface area contributed by atoms with Gasteiger partial charge in [-0.25, -0.2) is 13.2 Å². The number of benzene rings is 2. The van der Waals surface area contributed by atoms with Crippen molar-refractivity contribution in [3.05, 3.63) is 41.2 Å². The smallest absolute Gasteiger partial charge is 0.319 e. The number of methoxy groups -OCH3 is 1. The first-order valence-electron chi connectivity index (χ1n) is 18.1. The Hall–Kier alpha value is -4.16. The number of halogens is 3. The normalized spacial score (nSPS) is 24.8. The predicted octanol–water partition coefficient (Wildman–Crippen LogP) is 6.94. The van der Waals surface area contributed by atoms with Gasteiger partial charge in [-0.05, 0) is 63.3 Å². The first kappa shape index (κ1) is 33.7. The Balaban J connectivity index is 1.23. The highest BCUT2D eigenvalue weighted by Crippen LogP contribution is 2.48. The number of anilines is 2. The third-order valence-corrected chi connectivity index (χ3v) is 12.8. The van der Waals surface area contributed by atoms with Gasteiger partial charge in [-0.1, -0.05) is 6.07 Å². The zero-order valence-corrected chi connectivity index (χ0v) is 30.0. The summed E-state index contributed by atoms with van der Waals surface area (Å²) in [6.07, 6.45) is 4.25. The SMILES string of the molecule is COCCCN1[C@@H]2CC[C@H]1CN(c1nc(OC[C@@]34CCCN3C[C@H](F)C4)nc3c(F)c(-c4ccc(F)c5sc(N)c(C#N)c45)c4oc(C)cc4c13)C2. The number of hydrogen-bond donors (Lipinski definition) is 1. The molecule has 7 heterocycles. The van der Waals surface area contributed by atoms with Gasteiger partial charge in [0.2, 0.25) is 0 Å². The molecule has 0 unspecified atom stereocenters. The molecule has 4 aliphatic rings. The highest BCUT2D eigenvalue weighted by molar-refractivity contribution is 7.23. The van der Waals surface area contributed by atoms with E-state index < -0.39 is 23.3 Å². The first-order chi connectivity index (χ1) is 25.2. The lowest BCUT2D eigenvalue weighted by Gasteiger charge is -2.42. The summed E-state index contributed by atoms with van der Waals surface area (Å²) in [7, 11) is 1.72. The Labute approximate surface area is 302 Å². The summed E-state index contributed by atoms with van der Waals surface area (Å²) in [6.45, 7) is 6.20. The Morgan fingerprint density at radius 2 is 1.96 bits per heavy atom. The number of ether oxygens (including phenoxy) is 2. The molecule has 2 N–H and O–H groups in total. The lowest BCUT2D eigenvalue weighted by atomic mass is 9.95. The summed E-state index contributed by atoms with van der Waals surface area (Å²) >= 11 is 0.954. The van der Waals surface area contributed by atoms with Crippen molar-refractivity contribution in [2.24, 2.45) is 0 Å². The molecule has 0 aliphatic carbocycles. The van der Waals surface area contributed by atoms with Gasteiger partial charge in [0.1, 0.15) is 52.3 Å². The van der Waals surface area contributed by atoms with E-state index in [-0.39, 0.29) is 55.5 Å². The average molecular weight is 732 g/mol. The number of fused-ring (bicyclic) bond motifs is 7. The fourth-order valence-corrected chi connectivity index (χ4v) is 10.5. The molecule has 2 bridgehead atoms. The molecule has 2 aromatic carbocycles. The Bertz CT molecular complexity index is 2260. The molecular formula is C38H40F3N7O3S. The maximum atomic E-state index is 17.6. The molecule has 4 atom stereocenters. The summed E-state index contributed by atoms with van der Waals surface area (Å²) in [6, 6.07) is 7.28. The lowest BCUT2D eigenvalue weighted by molar-refractivity contribution is 0.107. The molecule has 0 amide bonds. The number of aryl methyl sites for hydroxylation is 1. The van der Waals surface area contributed by atoms with Gasteiger partial charge in [0.05, 0.1) is 26.8 Å². The molecule has 9 rings (SSSR count). The molecule has 3 aromatic heterocycles. The fourth-order valence-electron chi connectivity index (χ4n) is 9.55. The highest BCUT2D eigenvalue weighted by Gasteiger charge is 2.49. The second-order valence-corrected chi connectivity index (χ2v) is 15.9. The van der Waals surface area contributed by atoms with Crippen molar-refractivity contribution in [1.82, 2.24) is 19.8 Å². The van der Waals surface area contributed by atoms with Gasteiger partial charge in [-0.2, -0.15) is 15.2 Å². The number of thiophene rings is 1. The van der Waals surface area contributed by atoms with Crippen LogP contribution in [0.1, 0.15) is 49.8 Å². The molecule has 0 radical (unpaired) electrons. The largest absolute Gasteiger partial charge is 0.461 e. The molecule has 4 fully saturated rings. The maximum Gasteiger partial charge on any atom is 0.319 e. The van der Waals surface area contributed by atoms with Crippen molar-refractivity contribution in [3.8, 4) is 23.2 Å². The third-order valence-electron chi connectivity index (χ3n) is 11.8. The molecule has 52 heavy (non-hydrogen) atoms. The number of nitriles is 1. The van der Waals surface area contributed by atoms with Crippen LogP contribution in [0.25, 0.3) is 43.1 Å².